The number of hydrogen-bond donors (Lipinski definition) is 1. The molecule has 5 nitrogen and oxygen atoms in total. The normalized spacial score (nSPS) is 21.6. The summed E-state index contributed by atoms with van der Waals surface area (Å²) in [6.07, 6.45) is 8.36. The Morgan fingerprint density at radius 1 is 1.00 bits per heavy atom. The highest BCUT2D eigenvalue weighted by Crippen LogP contribution is 2.42. The lowest BCUT2D eigenvalue weighted by Gasteiger charge is -2.37. The molecule has 1 saturated heterocycles. The highest BCUT2D eigenvalue weighted by atomic mass is 16.4. The van der Waals surface area contributed by atoms with Gasteiger partial charge in [0, 0.05) is 17.7 Å². The zero-order valence-corrected chi connectivity index (χ0v) is 19.9. The third-order valence-corrected chi connectivity index (χ3v) is 7.82. The fourth-order valence-corrected chi connectivity index (χ4v) is 6.06. The Hall–Kier alpha value is -2.92. The van der Waals surface area contributed by atoms with Gasteiger partial charge in [0.15, 0.2) is 11.0 Å². The van der Waals surface area contributed by atoms with E-state index >= 15 is 0 Å². The van der Waals surface area contributed by atoms with Gasteiger partial charge >= 0.3 is 5.97 Å². The van der Waals surface area contributed by atoms with Crippen LogP contribution in [0.1, 0.15) is 72.3 Å². The highest BCUT2D eigenvalue weighted by Gasteiger charge is 2.32. The molecule has 2 heterocycles. The summed E-state index contributed by atoms with van der Waals surface area (Å²) in [5.74, 6) is 0.0902. The van der Waals surface area contributed by atoms with Crippen LogP contribution in [0.4, 0.5) is 0 Å². The highest BCUT2D eigenvalue weighted by molar-refractivity contribution is 6.02. The average Bonchev–Trinajstić information content (AvgIpc) is 2.87. The Morgan fingerprint density at radius 2 is 1.74 bits per heavy atom. The van der Waals surface area contributed by atoms with Gasteiger partial charge in [-0.1, -0.05) is 55.7 Å². The van der Waals surface area contributed by atoms with Crippen molar-refractivity contribution in [3.63, 3.8) is 0 Å². The Labute approximate surface area is 200 Å². The average molecular weight is 460 g/mol. The van der Waals surface area contributed by atoms with E-state index in [1.165, 1.54) is 25.7 Å². The van der Waals surface area contributed by atoms with Crippen LogP contribution < -0.4 is 5.43 Å². The molecule has 5 heteroatoms. The fraction of sp³-hybridized carbons (Fsp3) is 0.448. The molecule has 3 aromatic rings. The Morgan fingerprint density at radius 3 is 2.47 bits per heavy atom. The zero-order chi connectivity index (χ0) is 23.7. The standard InChI is InChI=1S/C29H33NO4/c1-19-26(31)25-23(22-13-7-6-12-21(22)18-30-16-8-3-9-17-30)14-15-24(29(32)33)28(25)34-27(19)20-10-4-2-5-11-20/h2,4-5,10-11,14-15,21-22H,3,6-9,12-13,16-18H2,1H3,(H,32,33). The van der Waals surface area contributed by atoms with E-state index in [0.29, 0.717) is 22.6 Å². The molecular weight excluding hydrogens is 426 g/mol. The number of carboxylic acids is 1. The molecule has 2 aliphatic rings. The summed E-state index contributed by atoms with van der Waals surface area (Å²) in [4.78, 5) is 28.5. The van der Waals surface area contributed by atoms with Gasteiger partial charge in [0.05, 0.1) is 5.39 Å². The monoisotopic (exact) mass is 459 g/mol. The van der Waals surface area contributed by atoms with Crippen molar-refractivity contribution in [3.05, 3.63) is 69.4 Å². The van der Waals surface area contributed by atoms with Gasteiger partial charge in [-0.3, -0.25) is 4.79 Å². The van der Waals surface area contributed by atoms with Gasteiger partial charge in [-0.15, -0.1) is 0 Å². The molecule has 0 spiro atoms. The second kappa shape index (κ2) is 9.75. The predicted molar refractivity (Wildman–Crippen MR) is 135 cm³/mol. The number of carboxylic acid groups (broad SMARTS) is 1. The van der Waals surface area contributed by atoms with Crippen molar-refractivity contribution in [2.75, 3.05) is 19.6 Å². The van der Waals surface area contributed by atoms with Crippen molar-refractivity contribution in [1.29, 1.82) is 0 Å². The molecular formula is C29H33NO4. The Bertz CT molecular complexity index is 1240. The van der Waals surface area contributed by atoms with Crippen LogP contribution in [0.15, 0.2) is 51.7 Å². The number of likely N-dealkylation sites (tertiary alicyclic amines) is 1. The molecule has 34 heavy (non-hydrogen) atoms. The van der Waals surface area contributed by atoms with E-state index < -0.39 is 5.97 Å². The molecule has 0 bridgehead atoms. The third-order valence-electron chi connectivity index (χ3n) is 7.82. The van der Waals surface area contributed by atoms with E-state index in [4.69, 9.17) is 4.42 Å². The molecule has 178 valence electrons. The van der Waals surface area contributed by atoms with E-state index in [1.54, 1.807) is 13.0 Å². The van der Waals surface area contributed by atoms with Crippen LogP contribution in [0.2, 0.25) is 0 Å². The number of rotatable bonds is 5. The van der Waals surface area contributed by atoms with Crippen LogP contribution in [0, 0.1) is 12.8 Å². The Kier molecular flexibility index (Phi) is 6.55. The topological polar surface area (TPSA) is 70.8 Å². The minimum atomic E-state index is -1.07. The third kappa shape index (κ3) is 4.29. The van der Waals surface area contributed by atoms with E-state index in [9.17, 15) is 14.7 Å². The van der Waals surface area contributed by atoms with Gasteiger partial charge in [-0.25, -0.2) is 4.79 Å². The smallest absolute Gasteiger partial charge is 0.339 e. The second-order valence-electron chi connectivity index (χ2n) is 9.98. The molecule has 2 aromatic carbocycles. The van der Waals surface area contributed by atoms with Crippen molar-refractivity contribution in [3.8, 4) is 11.3 Å². The van der Waals surface area contributed by atoms with Crippen LogP contribution in [-0.2, 0) is 0 Å². The predicted octanol–water partition coefficient (Wildman–Crippen LogP) is 6.23. The summed E-state index contributed by atoms with van der Waals surface area (Å²) >= 11 is 0. The number of fused-ring (bicyclic) bond motifs is 1. The van der Waals surface area contributed by atoms with Gasteiger partial charge in [-0.05, 0) is 69.2 Å². The van der Waals surface area contributed by atoms with Crippen LogP contribution >= 0.6 is 0 Å². The van der Waals surface area contributed by atoms with Gasteiger partial charge in [-0.2, -0.15) is 0 Å². The minimum absolute atomic E-state index is 0.0522. The van der Waals surface area contributed by atoms with Crippen molar-refractivity contribution < 1.29 is 14.3 Å². The number of carbonyl (C=O) groups is 1. The summed E-state index contributed by atoms with van der Waals surface area (Å²) in [5.41, 5.74) is 2.43. The maximum absolute atomic E-state index is 13.8. The lowest BCUT2D eigenvalue weighted by molar-refractivity contribution is 0.0697. The maximum Gasteiger partial charge on any atom is 0.339 e. The number of benzene rings is 2. The first-order valence-corrected chi connectivity index (χ1v) is 12.7. The van der Waals surface area contributed by atoms with E-state index in [1.807, 2.05) is 36.4 Å². The number of nitrogens with zero attached hydrogens (tertiary/aromatic N) is 1. The molecule has 1 aliphatic heterocycles. The molecule has 2 fully saturated rings. The maximum atomic E-state index is 13.8. The quantitative estimate of drug-likeness (QED) is 0.490. The summed E-state index contributed by atoms with van der Waals surface area (Å²) in [5, 5.41) is 10.4. The van der Waals surface area contributed by atoms with E-state index in [-0.39, 0.29) is 22.5 Å². The largest absolute Gasteiger partial charge is 0.478 e. The lowest BCUT2D eigenvalue weighted by atomic mass is 9.74. The summed E-state index contributed by atoms with van der Waals surface area (Å²) in [6, 6.07) is 13.0. The second-order valence-corrected chi connectivity index (χ2v) is 9.98. The molecule has 5 rings (SSSR count). The van der Waals surface area contributed by atoms with Gasteiger partial charge in [0.1, 0.15) is 11.3 Å². The molecule has 1 saturated carbocycles. The number of piperidine rings is 1. The van der Waals surface area contributed by atoms with Crippen molar-refractivity contribution in [2.24, 2.45) is 5.92 Å². The SMILES string of the molecule is Cc1c(-c2ccccc2)oc2c(C(=O)O)ccc(C3CCCCC3CN3CCCCC3)c2c1=O. The fourth-order valence-electron chi connectivity index (χ4n) is 6.06. The van der Waals surface area contributed by atoms with Gasteiger partial charge in [0.2, 0.25) is 0 Å². The molecule has 2 unspecified atom stereocenters. The summed E-state index contributed by atoms with van der Waals surface area (Å²) in [6.45, 7) is 5.16. The lowest BCUT2D eigenvalue weighted by Crippen LogP contribution is -2.37. The molecule has 0 radical (unpaired) electrons. The first-order valence-electron chi connectivity index (χ1n) is 12.7. The molecule has 1 aromatic heterocycles. The number of aromatic carboxylic acids is 1. The van der Waals surface area contributed by atoms with E-state index in [2.05, 4.69) is 4.90 Å². The minimum Gasteiger partial charge on any atom is -0.478 e. The van der Waals surface area contributed by atoms with Crippen molar-refractivity contribution in [2.45, 2.75) is 57.8 Å². The zero-order valence-electron chi connectivity index (χ0n) is 19.9. The van der Waals surface area contributed by atoms with Crippen molar-refractivity contribution >= 4 is 16.9 Å². The Balaban J connectivity index is 1.65. The van der Waals surface area contributed by atoms with E-state index in [0.717, 1.165) is 50.0 Å². The summed E-state index contributed by atoms with van der Waals surface area (Å²) < 4.78 is 6.28. The molecule has 1 N–H and O–H groups in total. The summed E-state index contributed by atoms with van der Waals surface area (Å²) in [7, 11) is 0. The van der Waals surface area contributed by atoms with Gasteiger partial charge < -0.3 is 14.4 Å². The van der Waals surface area contributed by atoms with Gasteiger partial charge in [0.25, 0.3) is 0 Å². The molecule has 2 atom stereocenters. The van der Waals surface area contributed by atoms with Crippen LogP contribution in [0.3, 0.4) is 0 Å². The number of hydrogen-bond acceptors (Lipinski definition) is 4. The first kappa shape index (κ1) is 22.9. The first-order chi connectivity index (χ1) is 16.5. The van der Waals surface area contributed by atoms with Crippen LogP contribution in [-0.4, -0.2) is 35.6 Å². The van der Waals surface area contributed by atoms with Crippen molar-refractivity contribution in [1.82, 2.24) is 4.90 Å². The molecule has 1 aliphatic carbocycles. The van der Waals surface area contributed by atoms with Crippen LogP contribution in [0.5, 0.6) is 0 Å². The van der Waals surface area contributed by atoms with Crippen LogP contribution in [0.25, 0.3) is 22.3 Å². The molecule has 0 amide bonds.